The highest BCUT2D eigenvalue weighted by molar-refractivity contribution is 6.34. The molecule has 0 heterocycles. The van der Waals surface area contributed by atoms with Gasteiger partial charge in [-0.2, -0.15) is 0 Å². The van der Waals surface area contributed by atoms with Crippen molar-refractivity contribution >= 4 is 35.1 Å². The molecule has 4 nitrogen and oxygen atoms in total. The summed E-state index contributed by atoms with van der Waals surface area (Å²) in [6.07, 6.45) is 2.17. The number of aromatic hydroxyl groups is 1. The number of nitrogens with one attached hydrogen (secondary N) is 1. The lowest BCUT2D eigenvalue weighted by Crippen LogP contribution is -2.12. The van der Waals surface area contributed by atoms with Gasteiger partial charge in [-0.05, 0) is 42.0 Å². The first-order valence-corrected chi connectivity index (χ1v) is 9.13. The molecule has 0 saturated carbocycles. The van der Waals surface area contributed by atoms with Crippen LogP contribution < -0.4 is 5.32 Å². The van der Waals surface area contributed by atoms with Gasteiger partial charge in [-0.15, -0.1) is 0 Å². The summed E-state index contributed by atoms with van der Waals surface area (Å²) in [6, 6.07) is 19.0. The summed E-state index contributed by atoms with van der Waals surface area (Å²) in [5, 5.41) is 13.2. The predicted octanol–water partition coefficient (Wildman–Crippen LogP) is 5.12. The Labute approximate surface area is 167 Å². The molecule has 0 bridgehead atoms. The van der Waals surface area contributed by atoms with Crippen LogP contribution in [0.25, 0.3) is 6.08 Å². The van der Waals surface area contributed by atoms with Crippen LogP contribution in [-0.2, 0) is 6.42 Å². The molecular weight excluding hydrogens is 374 g/mol. The number of anilines is 1. The number of ketones is 1. The number of phenols is 1. The number of Topliss-reactive ketones (excluding diaryl/α,β-unsaturated/α-hetero) is 1. The molecular formula is C23H16ClNO3. The van der Waals surface area contributed by atoms with Gasteiger partial charge in [-0.3, -0.25) is 9.59 Å². The summed E-state index contributed by atoms with van der Waals surface area (Å²) >= 11 is 6.07. The first kappa shape index (κ1) is 18.0. The molecule has 1 aliphatic carbocycles. The Morgan fingerprint density at radius 3 is 2.61 bits per heavy atom. The van der Waals surface area contributed by atoms with Crippen LogP contribution in [0.3, 0.4) is 0 Å². The molecule has 4 rings (SSSR count). The molecule has 138 valence electrons. The number of allylic oxidation sites excluding steroid dienone is 1. The lowest BCUT2D eigenvalue weighted by molar-refractivity contribution is 0.102. The molecule has 0 atom stereocenters. The fourth-order valence-corrected chi connectivity index (χ4v) is 3.51. The first-order chi connectivity index (χ1) is 13.5. The largest absolute Gasteiger partial charge is 0.508 e. The van der Waals surface area contributed by atoms with Gasteiger partial charge in [0.1, 0.15) is 5.75 Å². The molecule has 0 fully saturated rings. The van der Waals surface area contributed by atoms with E-state index < -0.39 is 0 Å². The number of rotatable bonds is 3. The Bertz CT molecular complexity index is 1130. The van der Waals surface area contributed by atoms with Gasteiger partial charge in [-0.25, -0.2) is 0 Å². The molecule has 0 saturated heterocycles. The van der Waals surface area contributed by atoms with Crippen molar-refractivity contribution in [1.82, 2.24) is 0 Å². The summed E-state index contributed by atoms with van der Waals surface area (Å²) in [5.41, 5.74) is 3.57. The zero-order chi connectivity index (χ0) is 19.7. The summed E-state index contributed by atoms with van der Waals surface area (Å²) in [6.45, 7) is 0. The van der Waals surface area contributed by atoms with E-state index in [1.54, 1.807) is 66.7 Å². The Balaban J connectivity index is 1.58. The van der Waals surface area contributed by atoms with E-state index >= 15 is 0 Å². The number of amides is 1. The molecule has 28 heavy (non-hydrogen) atoms. The summed E-state index contributed by atoms with van der Waals surface area (Å²) in [5.74, 6) is -0.254. The smallest absolute Gasteiger partial charge is 0.257 e. The molecule has 0 radical (unpaired) electrons. The number of carbonyl (C=O) groups is 2. The van der Waals surface area contributed by atoms with Gasteiger partial charge in [0.25, 0.3) is 5.91 Å². The second kappa shape index (κ2) is 7.33. The van der Waals surface area contributed by atoms with Crippen LogP contribution in [-0.4, -0.2) is 16.8 Å². The van der Waals surface area contributed by atoms with Crippen LogP contribution in [0.2, 0.25) is 5.02 Å². The third kappa shape index (κ3) is 3.42. The highest BCUT2D eigenvalue weighted by Crippen LogP contribution is 2.33. The molecule has 0 aromatic heterocycles. The number of hydrogen-bond acceptors (Lipinski definition) is 3. The maximum absolute atomic E-state index is 12.6. The summed E-state index contributed by atoms with van der Waals surface area (Å²) in [7, 11) is 0. The molecule has 2 N–H and O–H groups in total. The fourth-order valence-electron chi connectivity index (χ4n) is 3.28. The molecule has 3 aromatic carbocycles. The van der Waals surface area contributed by atoms with Crippen LogP contribution in [0.15, 0.2) is 72.3 Å². The third-order valence-electron chi connectivity index (χ3n) is 4.66. The maximum atomic E-state index is 12.6. The van der Waals surface area contributed by atoms with Crippen LogP contribution >= 0.6 is 11.6 Å². The molecule has 0 unspecified atom stereocenters. The average molecular weight is 390 g/mol. The second-order valence-electron chi connectivity index (χ2n) is 6.54. The first-order valence-electron chi connectivity index (χ1n) is 8.75. The van der Waals surface area contributed by atoms with Gasteiger partial charge in [0.15, 0.2) is 5.78 Å². The minimum Gasteiger partial charge on any atom is -0.508 e. The van der Waals surface area contributed by atoms with Crippen molar-refractivity contribution < 1.29 is 14.7 Å². The number of halogens is 1. The number of hydrogen-bond donors (Lipinski definition) is 2. The second-order valence-corrected chi connectivity index (χ2v) is 6.95. The van der Waals surface area contributed by atoms with Crippen molar-refractivity contribution in [2.24, 2.45) is 0 Å². The summed E-state index contributed by atoms with van der Waals surface area (Å²) in [4.78, 5) is 25.0. The van der Waals surface area contributed by atoms with E-state index in [0.717, 1.165) is 5.56 Å². The monoisotopic (exact) mass is 389 g/mol. The average Bonchev–Trinajstić information content (AvgIpc) is 3.00. The number of fused-ring (bicyclic) bond motifs is 1. The van der Waals surface area contributed by atoms with Crippen LogP contribution in [0.5, 0.6) is 5.75 Å². The van der Waals surface area contributed by atoms with Crippen molar-refractivity contribution in [3.8, 4) is 5.75 Å². The van der Waals surface area contributed by atoms with E-state index in [1.807, 2.05) is 6.07 Å². The molecule has 3 aromatic rings. The fraction of sp³-hybridized carbons (Fsp3) is 0.0435. The Hall–Kier alpha value is -3.37. The molecule has 5 heteroatoms. The minimum atomic E-state index is -0.301. The van der Waals surface area contributed by atoms with E-state index in [2.05, 4.69) is 5.32 Å². The van der Waals surface area contributed by atoms with Crippen molar-refractivity contribution in [3.63, 3.8) is 0 Å². The van der Waals surface area contributed by atoms with Crippen LogP contribution in [0.1, 0.15) is 31.8 Å². The molecule has 1 amide bonds. The van der Waals surface area contributed by atoms with Crippen molar-refractivity contribution in [3.05, 3.63) is 99.6 Å². The lowest BCUT2D eigenvalue weighted by atomic mass is 10.1. The van der Waals surface area contributed by atoms with Crippen LogP contribution in [0.4, 0.5) is 5.69 Å². The van der Waals surface area contributed by atoms with E-state index in [-0.39, 0.29) is 17.4 Å². The topological polar surface area (TPSA) is 66.4 Å². The maximum Gasteiger partial charge on any atom is 0.257 e. The Morgan fingerprint density at radius 2 is 1.82 bits per heavy atom. The SMILES string of the molecule is O=C(Nc1cccc(/C=C2/Cc3c(O)cccc3C2=O)c1)c1ccccc1Cl. The Morgan fingerprint density at radius 1 is 1.04 bits per heavy atom. The molecule has 0 aliphatic heterocycles. The van der Waals surface area contributed by atoms with E-state index in [9.17, 15) is 14.7 Å². The van der Waals surface area contributed by atoms with Crippen molar-refractivity contribution in [2.75, 3.05) is 5.32 Å². The van der Waals surface area contributed by atoms with Crippen molar-refractivity contribution in [2.45, 2.75) is 6.42 Å². The van der Waals surface area contributed by atoms with E-state index in [1.165, 1.54) is 0 Å². The quantitative estimate of drug-likeness (QED) is 0.611. The van der Waals surface area contributed by atoms with Gasteiger partial charge in [0.2, 0.25) is 0 Å². The van der Waals surface area contributed by atoms with Gasteiger partial charge in [-0.1, -0.05) is 48.0 Å². The summed E-state index contributed by atoms with van der Waals surface area (Å²) < 4.78 is 0. The number of carbonyl (C=O) groups excluding carboxylic acids is 2. The predicted molar refractivity (Wildman–Crippen MR) is 110 cm³/mol. The Kier molecular flexibility index (Phi) is 4.72. The zero-order valence-electron chi connectivity index (χ0n) is 14.8. The normalized spacial score (nSPS) is 14.2. The highest BCUT2D eigenvalue weighted by atomic mass is 35.5. The standard InChI is InChI=1S/C23H16ClNO3/c24-20-9-2-1-7-18(20)23(28)25-16-6-3-5-14(12-16)11-15-13-19-17(22(15)27)8-4-10-21(19)26/h1-12,26H,13H2,(H,25,28)/b15-11-. The highest BCUT2D eigenvalue weighted by Gasteiger charge is 2.26. The molecule has 1 aliphatic rings. The van der Waals surface area contributed by atoms with Crippen molar-refractivity contribution in [1.29, 1.82) is 0 Å². The minimum absolute atomic E-state index is 0.0867. The molecule has 0 spiro atoms. The van der Waals surface area contributed by atoms with E-state index in [4.69, 9.17) is 11.6 Å². The number of benzene rings is 3. The van der Waals surface area contributed by atoms with Gasteiger partial charge >= 0.3 is 0 Å². The number of phenolic OH excluding ortho intramolecular Hbond substituents is 1. The van der Waals surface area contributed by atoms with Gasteiger partial charge < -0.3 is 10.4 Å². The third-order valence-corrected chi connectivity index (χ3v) is 4.99. The van der Waals surface area contributed by atoms with Gasteiger partial charge in [0, 0.05) is 28.8 Å². The van der Waals surface area contributed by atoms with Gasteiger partial charge in [0.05, 0.1) is 10.6 Å². The van der Waals surface area contributed by atoms with Crippen LogP contribution in [0, 0.1) is 0 Å². The zero-order valence-corrected chi connectivity index (χ0v) is 15.5. The van der Waals surface area contributed by atoms with E-state index in [0.29, 0.717) is 39.4 Å². The lowest BCUT2D eigenvalue weighted by Gasteiger charge is -2.07.